The van der Waals surface area contributed by atoms with Crippen molar-refractivity contribution < 1.29 is 9.15 Å². The number of nitrogens with one attached hydrogen (secondary N) is 1. The summed E-state index contributed by atoms with van der Waals surface area (Å²) in [6.07, 6.45) is 0. The van der Waals surface area contributed by atoms with Gasteiger partial charge in [-0.25, -0.2) is 0 Å². The Morgan fingerprint density at radius 2 is 1.74 bits per heavy atom. The fraction of sp³-hybridized carbons (Fsp3) is 0.231. The highest BCUT2D eigenvalue weighted by molar-refractivity contribution is 9.11. The highest BCUT2D eigenvalue weighted by atomic mass is 79.9. The lowest BCUT2D eigenvalue weighted by Crippen LogP contribution is -2.03. The Labute approximate surface area is 137 Å². The summed E-state index contributed by atoms with van der Waals surface area (Å²) in [4.78, 5) is 0. The van der Waals surface area contributed by atoms with E-state index in [1.165, 1.54) is 0 Å². The van der Waals surface area contributed by atoms with E-state index < -0.39 is 0 Å². The first-order valence-electron chi connectivity index (χ1n) is 5.59. The molecular formula is C13H12Br3NO2. The third-order valence-electron chi connectivity index (χ3n) is 2.39. The van der Waals surface area contributed by atoms with E-state index >= 15 is 0 Å². The van der Waals surface area contributed by atoms with Crippen LogP contribution in [0, 0.1) is 0 Å². The molecule has 0 unspecified atom stereocenters. The fourth-order valence-electron chi connectivity index (χ4n) is 1.58. The van der Waals surface area contributed by atoms with Gasteiger partial charge in [-0.2, -0.15) is 0 Å². The van der Waals surface area contributed by atoms with E-state index in [-0.39, 0.29) is 0 Å². The number of halogens is 3. The normalized spacial score (nSPS) is 10.7. The number of rotatable bonds is 5. The summed E-state index contributed by atoms with van der Waals surface area (Å²) in [5.41, 5.74) is 0. The maximum absolute atomic E-state index is 5.77. The van der Waals surface area contributed by atoms with E-state index in [2.05, 4.69) is 53.1 Å². The van der Waals surface area contributed by atoms with Crippen LogP contribution in [0.3, 0.4) is 0 Å². The summed E-state index contributed by atoms with van der Waals surface area (Å²) in [6.45, 7) is 1.11. The largest absolute Gasteiger partial charge is 0.483 e. The fourth-order valence-corrected chi connectivity index (χ4v) is 4.07. The lowest BCUT2D eigenvalue weighted by atomic mass is 10.3. The second kappa shape index (κ2) is 6.92. The standard InChI is InChI=1S/C13H12Br3NO2/c1-17-6-9-2-3-10(19-9)7-18-13-11(15)4-8(14)5-12(13)16/h2-5,17H,6-7H2,1H3. The first-order chi connectivity index (χ1) is 9.10. The van der Waals surface area contributed by atoms with Gasteiger partial charge in [0.25, 0.3) is 0 Å². The second-order valence-electron chi connectivity index (χ2n) is 3.89. The summed E-state index contributed by atoms with van der Waals surface area (Å²) in [5, 5.41) is 3.04. The zero-order chi connectivity index (χ0) is 13.8. The summed E-state index contributed by atoms with van der Waals surface area (Å²) in [7, 11) is 1.88. The molecule has 1 N–H and O–H groups in total. The van der Waals surface area contributed by atoms with E-state index in [0.29, 0.717) is 13.2 Å². The third-order valence-corrected chi connectivity index (χ3v) is 4.03. The van der Waals surface area contributed by atoms with Gasteiger partial charge in [0.05, 0.1) is 15.5 Å². The highest BCUT2D eigenvalue weighted by Gasteiger charge is 2.10. The van der Waals surface area contributed by atoms with Crippen molar-refractivity contribution in [3.05, 3.63) is 49.2 Å². The quantitative estimate of drug-likeness (QED) is 0.701. The van der Waals surface area contributed by atoms with E-state index in [9.17, 15) is 0 Å². The average Bonchev–Trinajstić information content (AvgIpc) is 2.76. The molecule has 0 aliphatic heterocycles. The van der Waals surface area contributed by atoms with Crippen molar-refractivity contribution in [2.75, 3.05) is 7.05 Å². The van der Waals surface area contributed by atoms with Gasteiger partial charge in [0.2, 0.25) is 0 Å². The van der Waals surface area contributed by atoms with Crippen LogP contribution >= 0.6 is 47.8 Å². The molecule has 6 heteroatoms. The van der Waals surface area contributed by atoms with Crippen LogP contribution in [0.1, 0.15) is 11.5 Å². The van der Waals surface area contributed by atoms with Crippen molar-refractivity contribution in [1.82, 2.24) is 5.32 Å². The lowest BCUT2D eigenvalue weighted by molar-refractivity contribution is 0.262. The van der Waals surface area contributed by atoms with Crippen molar-refractivity contribution in [2.24, 2.45) is 0 Å². The minimum atomic E-state index is 0.391. The van der Waals surface area contributed by atoms with Crippen LogP contribution < -0.4 is 10.1 Å². The molecule has 0 aliphatic rings. The number of benzene rings is 1. The van der Waals surface area contributed by atoms with Crippen LogP contribution in [0.4, 0.5) is 0 Å². The van der Waals surface area contributed by atoms with Gasteiger partial charge in [0, 0.05) is 4.47 Å². The molecule has 3 nitrogen and oxygen atoms in total. The average molecular weight is 454 g/mol. The van der Waals surface area contributed by atoms with Crippen molar-refractivity contribution in [3.63, 3.8) is 0 Å². The Balaban J connectivity index is 2.05. The molecule has 0 saturated heterocycles. The zero-order valence-corrected chi connectivity index (χ0v) is 14.9. The van der Waals surface area contributed by atoms with Gasteiger partial charge >= 0.3 is 0 Å². The molecule has 1 heterocycles. The van der Waals surface area contributed by atoms with E-state index in [1.807, 2.05) is 31.3 Å². The molecule has 0 saturated carbocycles. The molecule has 0 atom stereocenters. The SMILES string of the molecule is CNCc1ccc(COc2c(Br)cc(Br)cc2Br)o1. The van der Waals surface area contributed by atoms with E-state index in [0.717, 1.165) is 30.7 Å². The van der Waals surface area contributed by atoms with Gasteiger partial charge in [-0.3, -0.25) is 0 Å². The second-order valence-corrected chi connectivity index (χ2v) is 6.51. The van der Waals surface area contributed by atoms with Crippen molar-refractivity contribution in [2.45, 2.75) is 13.2 Å². The minimum absolute atomic E-state index is 0.391. The van der Waals surface area contributed by atoms with Crippen LogP contribution in [-0.4, -0.2) is 7.05 Å². The Hall–Kier alpha value is -0.300. The number of ether oxygens (including phenoxy) is 1. The van der Waals surface area contributed by atoms with Gasteiger partial charge in [0.1, 0.15) is 23.9 Å². The Morgan fingerprint density at radius 1 is 1.11 bits per heavy atom. The molecule has 102 valence electrons. The maximum atomic E-state index is 5.77. The molecule has 1 aromatic heterocycles. The Morgan fingerprint density at radius 3 is 2.37 bits per heavy atom. The molecule has 2 rings (SSSR count). The van der Waals surface area contributed by atoms with Crippen LogP contribution in [0.15, 0.2) is 42.1 Å². The van der Waals surface area contributed by atoms with Crippen molar-refractivity contribution in [1.29, 1.82) is 0 Å². The molecular weight excluding hydrogens is 442 g/mol. The maximum Gasteiger partial charge on any atom is 0.148 e. The molecule has 0 amide bonds. The summed E-state index contributed by atoms with van der Waals surface area (Å²) >= 11 is 10.4. The summed E-state index contributed by atoms with van der Waals surface area (Å²) in [6, 6.07) is 7.75. The van der Waals surface area contributed by atoms with Crippen molar-refractivity contribution >= 4 is 47.8 Å². The van der Waals surface area contributed by atoms with Gasteiger partial charge in [0.15, 0.2) is 0 Å². The lowest BCUT2D eigenvalue weighted by Gasteiger charge is -2.09. The molecule has 0 radical (unpaired) electrons. The van der Waals surface area contributed by atoms with Gasteiger partial charge in [-0.1, -0.05) is 15.9 Å². The predicted octanol–water partition coefficient (Wildman–Crippen LogP) is 4.87. The predicted molar refractivity (Wildman–Crippen MR) is 85.3 cm³/mol. The minimum Gasteiger partial charge on any atom is -0.483 e. The first kappa shape index (κ1) is 15.1. The Bertz CT molecular complexity index is 546. The molecule has 19 heavy (non-hydrogen) atoms. The highest BCUT2D eigenvalue weighted by Crippen LogP contribution is 2.36. The van der Waals surface area contributed by atoms with Crippen LogP contribution in [0.2, 0.25) is 0 Å². The molecule has 2 aromatic rings. The van der Waals surface area contributed by atoms with E-state index in [4.69, 9.17) is 9.15 Å². The summed E-state index contributed by atoms with van der Waals surface area (Å²) < 4.78 is 14.1. The summed E-state index contributed by atoms with van der Waals surface area (Å²) in [5.74, 6) is 2.46. The van der Waals surface area contributed by atoms with Crippen LogP contribution in [0.5, 0.6) is 5.75 Å². The number of hydrogen-bond acceptors (Lipinski definition) is 3. The third kappa shape index (κ3) is 4.08. The van der Waals surface area contributed by atoms with Gasteiger partial charge in [-0.15, -0.1) is 0 Å². The molecule has 1 aromatic carbocycles. The van der Waals surface area contributed by atoms with E-state index in [1.54, 1.807) is 0 Å². The number of furan rings is 1. The Kier molecular flexibility index (Phi) is 5.50. The monoisotopic (exact) mass is 451 g/mol. The number of hydrogen-bond donors (Lipinski definition) is 1. The van der Waals surface area contributed by atoms with Gasteiger partial charge in [-0.05, 0) is 63.2 Å². The molecule has 0 aliphatic carbocycles. The van der Waals surface area contributed by atoms with Crippen LogP contribution in [0.25, 0.3) is 0 Å². The topological polar surface area (TPSA) is 34.4 Å². The zero-order valence-electron chi connectivity index (χ0n) is 10.2. The first-order valence-corrected chi connectivity index (χ1v) is 7.97. The molecule has 0 spiro atoms. The van der Waals surface area contributed by atoms with Crippen molar-refractivity contribution in [3.8, 4) is 5.75 Å². The smallest absolute Gasteiger partial charge is 0.148 e. The molecule has 0 bridgehead atoms. The van der Waals surface area contributed by atoms with Crippen LogP contribution in [-0.2, 0) is 13.2 Å². The van der Waals surface area contributed by atoms with Gasteiger partial charge < -0.3 is 14.5 Å². The molecule has 0 fully saturated rings.